The normalized spacial score (nSPS) is 19.7. The minimum absolute atomic E-state index is 0.0150. The maximum atomic E-state index is 14.7. The standard InChI is InChI=1S/C57H64N4O16/c1-32(30-40(59-55(70)77-57(7,8)9)48(63)58-33(2)47(62)60-42(54(69)71-10)34(3)76-56(4,5)6)44-43(61-49(64)38-28-20-21-29-39(38)50(61)65)46(75-53(68)37-26-18-13-19-27-37)45(74-52(67)36-24-16-12-17-25-36)41(73-44)31-72-51(66)35-22-14-11-15-23-35/h11-29,33-34,40-46H,1,30-31H2,2-10H3,(H,58,63)(H,59,70)(H,60,62)/t33-,34?,40-,41?,42-,43?,44-,45+,46?/m0/s1. The van der Waals surface area contributed by atoms with Gasteiger partial charge >= 0.3 is 30.0 Å². The number of methoxy groups -OCH3 is 1. The molecule has 4 aromatic carbocycles. The van der Waals surface area contributed by atoms with Gasteiger partial charge in [0.1, 0.15) is 42.5 Å². The van der Waals surface area contributed by atoms with Crippen LogP contribution >= 0.6 is 0 Å². The number of ether oxygens (including phenoxy) is 7. The van der Waals surface area contributed by atoms with Gasteiger partial charge in [-0.05, 0) is 109 Å². The van der Waals surface area contributed by atoms with E-state index in [1.165, 1.54) is 55.5 Å². The van der Waals surface area contributed by atoms with E-state index in [1.807, 2.05) is 0 Å². The van der Waals surface area contributed by atoms with Crippen molar-refractivity contribution in [2.75, 3.05) is 13.7 Å². The third-order valence-corrected chi connectivity index (χ3v) is 12.1. The van der Waals surface area contributed by atoms with Crippen LogP contribution in [0.15, 0.2) is 127 Å². The minimum atomic E-state index is -1.85. The van der Waals surface area contributed by atoms with Gasteiger partial charge in [0.25, 0.3) is 11.8 Å². The Kier molecular flexibility index (Phi) is 18.9. The van der Waals surface area contributed by atoms with Crippen LogP contribution in [0.3, 0.4) is 0 Å². The number of nitrogens with zero attached hydrogens (tertiary/aromatic N) is 1. The lowest BCUT2D eigenvalue weighted by molar-refractivity contribution is -0.197. The van der Waals surface area contributed by atoms with Crippen LogP contribution in [0.25, 0.3) is 0 Å². The Hall–Kier alpha value is -8.23. The quantitative estimate of drug-likeness (QED) is 0.0425. The summed E-state index contributed by atoms with van der Waals surface area (Å²) in [4.78, 5) is 127. The molecule has 2 aliphatic rings. The first kappa shape index (κ1) is 58.0. The van der Waals surface area contributed by atoms with Gasteiger partial charge in [-0.3, -0.25) is 24.1 Å². The fourth-order valence-electron chi connectivity index (χ4n) is 8.60. The fourth-order valence-corrected chi connectivity index (χ4v) is 8.60. The number of amides is 5. The van der Waals surface area contributed by atoms with E-state index in [4.69, 9.17) is 33.2 Å². The van der Waals surface area contributed by atoms with Crippen LogP contribution in [0.2, 0.25) is 0 Å². The summed E-state index contributed by atoms with van der Waals surface area (Å²) in [5.74, 6) is -7.17. The van der Waals surface area contributed by atoms with E-state index in [9.17, 15) is 43.2 Å². The van der Waals surface area contributed by atoms with Crippen LogP contribution in [-0.4, -0.2) is 138 Å². The summed E-state index contributed by atoms with van der Waals surface area (Å²) >= 11 is 0. The molecule has 2 aliphatic heterocycles. The van der Waals surface area contributed by atoms with E-state index in [-0.39, 0.29) is 33.4 Å². The van der Waals surface area contributed by atoms with Gasteiger partial charge in [-0.2, -0.15) is 0 Å². The minimum Gasteiger partial charge on any atom is -0.467 e. The first-order valence-electron chi connectivity index (χ1n) is 24.8. The summed E-state index contributed by atoms with van der Waals surface area (Å²) in [5, 5.41) is 7.63. The van der Waals surface area contributed by atoms with Crippen molar-refractivity contribution >= 4 is 53.6 Å². The van der Waals surface area contributed by atoms with Crippen molar-refractivity contribution in [2.45, 2.75) is 128 Å². The van der Waals surface area contributed by atoms with Crippen LogP contribution in [0.1, 0.15) is 114 Å². The molecule has 77 heavy (non-hydrogen) atoms. The molecule has 4 aromatic rings. The Morgan fingerprint density at radius 3 is 1.60 bits per heavy atom. The number of carbonyl (C=O) groups is 9. The summed E-state index contributed by atoms with van der Waals surface area (Å²) in [7, 11) is 1.14. The monoisotopic (exact) mass is 1060 g/mol. The van der Waals surface area contributed by atoms with E-state index >= 15 is 0 Å². The number of carbonyl (C=O) groups excluding carboxylic acids is 9. The van der Waals surface area contributed by atoms with E-state index in [2.05, 4.69) is 22.5 Å². The molecule has 0 saturated carbocycles. The van der Waals surface area contributed by atoms with Gasteiger partial charge in [0.15, 0.2) is 18.2 Å². The van der Waals surface area contributed by atoms with Crippen LogP contribution in [0.4, 0.5) is 4.79 Å². The lowest BCUT2D eigenvalue weighted by Crippen LogP contribution is -2.67. The molecule has 1 saturated heterocycles. The largest absolute Gasteiger partial charge is 0.467 e. The van der Waals surface area contributed by atoms with Crippen molar-refractivity contribution < 1.29 is 76.3 Å². The van der Waals surface area contributed by atoms with Gasteiger partial charge in [-0.15, -0.1) is 0 Å². The highest BCUT2D eigenvalue weighted by molar-refractivity contribution is 6.21. The van der Waals surface area contributed by atoms with Gasteiger partial charge in [0.05, 0.1) is 46.6 Å². The highest BCUT2D eigenvalue weighted by atomic mass is 16.6. The number of hydrogen-bond acceptors (Lipinski definition) is 16. The Labute approximate surface area is 446 Å². The van der Waals surface area contributed by atoms with E-state index < -0.39 is 133 Å². The zero-order valence-corrected chi connectivity index (χ0v) is 44.3. The summed E-state index contributed by atoms with van der Waals surface area (Å²) in [6, 6.07) is 23.1. The molecule has 2 heterocycles. The molecule has 0 spiro atoms. The molecule has 9 atom stereocenters. The van der Waals surface area contributed by atoms with Crippen molar-refractivity contribution in [1.29, 1.82) is 0 Å². The SMILES string of the molecule is C=C(C[C@H](NC(=O)OC(C)(C)C)C(=O)N[C@@H](C)C(=O)N[C@H](C(=O)OC)C(C)OC(C)(C)C)[C@@H]1OC(COC(=O)c2ccccc2)[C@@H](OC(=O)c2ccccc2)C(OC(=O)c2ccccc2)C1N1C(=O)c2ccccc2C1=O. The third kappa shape index (κ3) is 15.0. The summed E-state index contributed by atoms with van der Waals surface area (Å²) < 4.78 is 41.5. The van der Waals surface area contributed by atoms with Crippen molar-refractivity contribution in [1.82, 2.24) is 20.9 Å². The maximum absolute atomic E-state index is 14.7. The first-order valence-corrected chi connectivity index (χ1v) is 24.8. The lowest BCUT2D eigenvalue weighted by Gasteiger charge is -2.48. The van der Waals surface area contributed by atoms with E-state index in [0.29, 0.717) is 0 Å². The van der Waals surface area contributed by atoms with Gasteiger partial charge in [0.2, 0.25) is 11.8 Å². The predicted molar refractivity (Wildman–Crippen MR) is 276 cm³/mol. The topological polar surface area (TPSA) is 258 Å². The number of hydrogen-bond donors (Lipinski definition) is 3. The second-order valence-corrected chi connectivity index (χ2v) is 20.3. The summed E-state index contributed by atoms with van der Waals surface area (Å²) in [6.45, 7) is 16.5. The summed E-state index contributed by atoms with van der Waals surface area (Å²) in [6.07, 6.45) is -9.48. The second kappa shape index (κ2) is 25.1. The van der Waals surface area contributed by atoms with Gasteiger partial charge in [-0.25, -0.2) is 24.0 Å². The van der Waals surface area contributed by atoms with E-state index in [1.54, 1.807) is 115 Å². The molecule has 3 N–H and O–H groups in total. The predicted octanol–water partition coefficient (Wildman–Crippen LogP) is 5.93. The number of rotatable bonds is 19. The zero-order chi connectivity index (χ0) is 56.4. The van der Waals surface area contributed by atoms with Crippen molar-refractivity contribution in [2.24, 2.45) is 0 Å². The van der Waals surface area contributed by atoms with Crippen molar-refractivity contribution in [3.63, 3.8) is 0 Å². The molecule has 0 bridgehead atoms. The highest BCUT2D eigenvalue weighted by Crippen LogP contribution is 2.39. The van der Waals surface area contributed by atoms with Crippen molar-refractivity contribution in [3.8, 4) is 0 Å². The highest BCUT2D eigenvalue weighted by Gasteiger charge is 2.58. The molecule has 20 nitrogen and oxygen atoms in total. The molecule has 0 aliphatic carbocycles. The Morgan fingerprint density at radius 2 is 1.12 bits per heavy atom. The average molecular weight is 1060 g/mol. The van der Waals surface area contributed by atoms with Crippen LogP contribution in [0.5, 0.6) is 0 Å². The zero-order valence-electron chi connectivity index (χ0n) is 44.3. The molecule has 408 valence electrons. The maximum Gasteiger partial charge on any atom is 0.408 e. The van der Waals surface area contributed by atoms with Crippen LogP contribution in [0, 0.1) is 0 Å². The number of alkyl carbamates (subject to hydrolysis) is 1. The molecule has 20 heteroatoms. The second-order valence-electron chi connectivity index (χ2n) is 20.3. The third-order valence-electron chi connectivity index (χ3n) is 12.1. The first-order chi connectivity index (χ1) is 36.4. The van der Waals surface area contributed by atoms with Crippen molar-refractivity contribution in [3.05, 3.63) is 155 Å². The summed E-state index contributed by atoms with van der Waals surface area (Å²) in [5.41, 5.74) is -1.82. The Bertz CT molecular complexity index is 2790. The lowest BCUT2D eigenvalue weighted by atomic mass is 9.85. The number of benzene rings is 4. The Balaban J connectivity index is 1.45. The van der Waals surface area contributed by atoms with Gasteiger partial charge in [0, 0.05) is 6.42 Å². The number of fused-ring (bicyclic) bond motifs is 1. The molecular weight excluding hydrogens is 997 g/mol. The molecular formula is C57H64N4O16. The number of imide groups is 1. The Morgan fingerprint density at radius 1 is 0.636 bits per heavy atom. The molecule has 1 fully saturated rings. The van der Waals surface area contributed by atoms with Crippen LogP contribution in [-0.2, 0) is 47.5 Å². The van der Waals surface area contributed by atoms with Crippen LogP contribution < -0.4 is 16.0 Å². The fraction of sp³-hybridized carbons (Fsp3) is 0.386. The smallest absolute Gasteiger partial charge is 0.408 e. The van der Waals surface area contributed by atoms with Gasteiger partial charge < -0.3 is 49.1 Å². The number of nitrogens with one attached hydrogen (secondary N) is 3. The molecule has 5 amide bonds. The van der Waals surface area contributed by atoms with Gasteiger partial charge in [-0.1, -0.05) is 73.3 Å². The number of esters is 4. The van der Waals surface area contributed by atoms with E-state index in [0.717, 1.165) is 12.0 Å². The molecule has 0 radical (unpaired) electrons. The average Bonchev–Trinajstić information content (AvgIpc) is 3.70. The molecule has 0 aromatic heterocycles. The molecule has 6 rings (SSSR count). The molecule has 4 unspecified atom stereocenters.